The number of nitrogens with zero attached hydrogens (tertiary/aromatic N) is 3. The minimum atomic E-state index is -1.89. The van der Waals surface area contributed by atoms with Crippen molar-refractivity contribution in [3.8, 4) is 50.6 Å². The summed E-state index contributed by atoms with van der Waals surface area (Å²) in [7, 11) is -1.89. The molecule has 1 unspecified atom stereocenters. The topological polar surface area (TPSA) is 25.8 Å². The van der Waals surface area contributed by atoms with Gasteiger partial charge < -0.3 is 4.42 Å². The van der Waals surface area contributed by atoms with Crippen LogP contribution in [0.1, 0.15) is 43.0 Å². The lowest BCUT2D eigenvalue weighted by molar-refractivity contribution is -0.944. The van der Waals surface area contributed by atoms with Gasteiger partial charge in [0.1, 0.15) is 16.8 Å². The maximum Gasteiger partial charge on any atom is 0.364 e. The minimum absolute atomic E-state index is 0.132. The molecule has 4 nitrogen and oxygen atoms in total. The zero-order chi connectivity index (χ0) is 43.0. The van der Waals surface area contributed by atoms with E-state index in [0.29, 0.717) is 0 Å². The predicted molar refractivity (Wildman–Crippen MR) is 262 cm³/mol. The number of hydrogen-bond donors (Lipinski definition) is 0. The fourth-order valence-electron chi connectivity index (χ4n) is 11.0. The molecule has 0 saturated carbocycles. The molecule has 3 aromatic heterocycles. The molecule has 306 valence electrons. The van der Waals surface area contributed by atoms with Gasteiger partial charge in [0.05, 0.1) is 24.8 Å². The van der Waals surface area contributed by atoms with E-state index in [1.54, 1.807) is 0 Å². The van der Waals surface area contributed by atoms with Crippen molar-refractivity contribution in [2.24, 2.45) is 5.41 Å². The van der Waals surface area contributed by atoms with Crippen LogP contribution < -0.4 is 14.3 Å². The van der Waals surface area contributed by atoms with E-state index in [2.05, 4.69) is 231 Å². The Labute approximate surface area is 370 Å². The van der Waals surface area contributed by atoms with Crippen LogP contribution in [-0.2, 0) is 12.1 Å². The Balaban J connectivity index is 1.31. The summed E-state index contributed by atoms with van der Waals surface area (Å²) < 4.78 is 15.1. The molecule has 7 aromatic carbocycles. The Bertz CT molecular complexity index is 3510. The van der Waals surface area contributed by atoms with Crippen LogP contribution in [-0.4, -0.2) is 12.6 Å². The summed E-state index contributed by atoms with van der Waals surface area (Å²) in [5.41, 5.74) is 18.2. The Morgan fingerprint density at radius 1 is 0.635 bits per heavy atom. The number of fused-ring (bicyclic) bond motifs is 16. The average molecular weight is 834 g/mol. The monoisotopic (exact) mass is 833 g/mol. The van der Waals surface area contributed by atoms with Gasteiger partial charge in [-0.1, -0.05) is 149 Å². The fourth-order valence-corrected chi connectivity index (χ4v) is 12.7. The predicted octanol–water partition coefficient (Wildman–Crippen LogP) is 13.1. The molecule has 5 heterocycles. The molecular formula is C58H51N3OSi+2. The standard InChI is InChI=1S/C58H51N3OSi/c1-37-26-28-45-47(32-37)58(59-36-53(63(5,6)7)41(34-50(45)59)35-57(2,3)4)46-31-30-44-43-22-14-17-25-52(43)62-55(44)54(46)56-60(48-23-15-16-24-49(48)61(56)58)51-33-40(38-18-10-8-11-19-38)27-29-42(51)39-20-12-9-13-21-39/h8-34,36H,35H2,1-7H3/q+2. The molecular weight excluding hydrogens is 783 g/mol. The Morgan fingerprint density at radius 3 is 2.10 bits per heavy atom. The van der Waals surface area contributed by atoms with Crippen molar-refractivity contribution >= 4 is 46.2 Å². The first-order valence-corrected chi connectivity index (χ1v) is 25.9. The average Bonchev–Trinajstić information content (AvgIpc) is 3.99. The summed E-state index contributed by atoms with van der Waals surface area (Å²) in [6, 6.07) is 60.7. The SMILES string of the molecule is Cc1ccc2c(c1)C1(c3ccc4c(oc5ccccc54)c3-c3n(-c4cc(-c5ccccc5)ccc4-c4ccccc4)c4ccccc4[n+]31)[n+]1cc([Si](C)(C)C)c(CC(C)(C)C)cc1-2. The van der Waals surface area contributed by atoms with Crippen LogP contribution in [0, 0.1) is 12.3 Å². The molecule has 1 spiro atoms. The number of imidazole rings is 1. The van der Waals surface area contributed by atoms with Crippen LogP contribution >= 0.6 is 0 Å². The van der Waals surface area contributed by atoms with Gasteiger partial charge in [-0.15, -0.1) is 9.13 Å². The molecule has 0 amide bonds. The normalized spacial score (nSPS) is 15.3. The highest BCUT2D eigenvalue weighted by molar-refractivity contribution is 6.89. The molecule has 2 aliphatic rings. The molecule has 0 radical (unpaired) electrons. The summed E-state index contributed by atoms with van der Waals surface area (Å²) in [5, 5.41) is 3.77. The van der Waals surface area contributed by atoms with Crippen molar-refractivity contribution in [3.05, 3.63) is 192 Å². The van der Waals surface area contributed by atoms with Gasteiger partial charge in [0, 0.05) is 27.6 Å². The van der Waals surface area contributed by atoms with Crippen LogP contribution in [0.2, 0.25) is 19.6 Å². The summed E-state index contributed by atoms with van der Waals surface area (Å²) in [4.78, 5) is 0. The molecule has 5 heteroatoms. The lowest BCUT2D eigenvalue weighted by Gasteiger charge is -2.26. The minimum Gasteiger partial charge on any atom is -0.455 e. The van der Waals surface area contributed by atoms with E-state index in [-0.39, 0.29) is 5.41 Å². The van der Waals surface area contributed by atoms with Gasteiger partial charge in [-0.3, -0.25) is 0 Å². The summed E-state index contributed by atoms with van der Waals surface area (Å²) >= 11 is 0. The molecule has 1 atom stereocenters. The number of aromatic nitrogens is 3. The van der Waals surface area contributed by atoms with Gasteiger partial charge in [0.25, 0.3) is 0 Å². The summed E-state index contributed by atoms with van der Waals surface area (Å²) in [6.45, 7) is 16.9. The third kappa shape index (κ3) is 5.45. The smallest absolute Gasteiger partial charge is 0.364 e. The van der Waals surface area contributed by atoms with E-state index in [1.807, 2.05) is 0 Å². The van der Waals surface area contributed by atoms with Crippen molar-refractivity contribution < 1.29 is 13.6 Å². The van der Waals surface area contributed by atoms with Crippen molar-refractivity contribution in [1.29, 1.82) is 0 Å². The first-order chi connectivity index (χ1) is 30.4. The van der Waals surface area contributed by atoms with E-state index in [9.17, 15) is 0 Å². The van der Waals surface area contributed by atoms with Crippen molar-refractivity contribution in [2.75, 3.05) is 0 Å². The van der Waals surface area contributed by atoms with E-state index in [4.69, 9.17) is 4.42 Å². The number of furan rings is 1. The third-order valence-corrected chi connectivity index (χ3v) is 15.6. The Kier molecular flexibility index (Phi) is 8.03. The van der Waals surface area contributed by atoms with Crippen molar-refractivity contribution in [3.63, 3.8) is 0 Å². The van der Waals surface area contributed by atoms with Crippen LogP contribution in [0.4, 0.5) is 0 Å². The second-order valence-electron chi connectivity index (χ2n) is 20.1. The molecule has 0 bridgehead atoms. The number of hydrogen-bond acceptors (Lipinski definition) is 1. The third-order valence-electron chi connectivity index (χ3n) is 13.6. The molecule has 0 fully saturated rings. The maximum absolute atomic E-state index is 7.17. The highest BCUT2D eigenvalue weighted by Crippen LogP contribution is 2.53. The van der Waals surface area contributed by atoms with E-state index < -0.39 is 13.7 Å². The molecule has 0 N–H and O–H groups in total. The highest BCUT2D eigenvalue weighted by atomic mass is 28.3. The van der Waals surface area contributed by atoms with Gasteiger partial charge in [-0.05, 0) is 95.6 Å². The van der Waals surface area contributed by atoms with Crippen LogP contribution in [0.3, 0.4) is 0 Å². The second kappa shape index (κ2) is 13.3. The quantitative estimate of drug-likeness (QED) is 0.125. The molecule has 10 aromatic rings. The summed E-state index contributed by atoms with van der Waals surface area (Å²) in [6.07, 6.45) is 3.60. The maximum atomic E-state index is 7.17. The van der Waals surface area contributed by atoms with Gasteiger partial charge in [0.2, 0.25) is 5.69 Å². The van der Waals surface area contributed by atoms with Crippen LogP contribution in [0.5, 0.6) is 0 Å². The zero-order valence-electron chi connectivity index (χ0n) is 37.1. The van der Waals surface area contributed by atoms with Crippen molar-refractivity contribution in [1.82, 2.24) is 4.57 Å². The lowest BCUT2D eigenvalue weighted by atomic mass is 9.87. The Morgan fingerprint density at radius 2 is 1.33 bits per heavy atom. The van der Waals surface area contributed by atoms with Crippen LogP contribution in [0.25, 0.3) is 83.6 Å². The molecule has 0 aliphatic carbocycles. The summed E-state index contributed by atoms with van der Waals surface area (Å²) in [5.74, 6) is 1.11. The van der Waals surface area contributed by atoms with E-state index in [0.717, 1.165) is 51.0 Å². The Hall–Kier alpha value is -6.82. The van der Waals surface area contributed by atoms with Gasteiger partial charge in [-0.25, -0.2) is 0 Å². The van der Waals surface area contributed by atoms with E-state index >= 15 is 0 Å². The number of pyridine rings is 1. The molecule has 63 heavy (non-hydrogen) atoms. The zero-order valence-corrected chi connectivity index (χ0v) is 38.1. The number of benzene rings is 7. The molecule has 12 rings (SSSR count). The van der Waals surface area contributed by atoms with E-state index in [1.165, 1.54) is 66.5 Å². The fraction of sp³-hybridized carbons (Fsp3) is 0.172. The van der Waals surface area contributed by atoms with Gasteiger partial charge in [0.15, 0.2) is 22.8 Å². The highest BCUT2D eigenvalue weighted by Gasteiger charge is 2.67. The van der Waals surface area contributed by atoms with Gasteiger partial charge >= 0.3 is 11.5 Å². The molecule has 0 saturated heterocycles. The number of aryl methyl sites for hydroxylation is 1. The number of para-hydroxylation sites is 3. The molecule has 2 aliphatic heterocycles. The first-order valence-electron chi connectivity index (χ1n) is 22.4. The largest absolute Gasteiger partial charge is 0.455 e. The number of rotatable bonds is 5. The van der Waals surface area contributed by atoms with Crippen LogP contribution in [0.15, 0.2) is 174 Å². The second-order valence-corrected chi connectivity index (χ2v) is 25.1. The van der Waals surface area contributed by atoms with Crippen molar-refractivity contribution in [2.45, 2.75) is 59.4 Å². The first kappa shape index (κ1) is 37.9. The lowest BCUT2D eigenvalue weighted by Crippen LogP contribution is -2.72. The van der Waals surface area contributed by atoms with Gasteiger partial charge in [-0.2, -0.15) is 4.57 Å².